The Bertz CT molecular complexity index is 2290. The normalized spacial score (nSPS) is 38.9. The molecule has 0 aromatic heterocycles. The number of ether oxygens (including phenoxy) is 8. The molecule has 4 heterocycles. The van der Waals surface area contributed by atoms with E-state index in [-0.39, 0.29) is 50.5 Å². The third-order valence-electron chi connectivity index (χ3n) is 17.1. The van der Waals surface area contributed by atoms with Crippen molar-refractivity contribution in [3.05, 3.63) is 22.7 Å². The number of Topliss-reactive ketones (excluding diaryl/α,β-unsaturated/α-hetero) is 2. The highest BCUT2D eigenvalue weighted by Gasteiger charge is 2.55. The Morgan fingerprint density at radius 1 is 0.911 bits per heavy atom. The first-order chi connectivity index (χ1) is 37.0. The highest BCUT2D eigenvalue weighted by atomic mass is 35.5. The number of rotatable bonds is 19. The SMILES string of the molecule is CC[C@H]1OC(=O)[C@H](C)[C@@H](OC2C[C@@](C)(OC)[C@@H](OC(=O)CCNCCNc3cc4c(cc3Cl)N(C3CC3)CC(CC(=O)O)C4=O)[C@H](C)O2)[C@H](C)[C@@H](OC2O[C@H](OC)C[C@H](N(C)C)[C@H]2O)[C@](C)(O)C[C@@H](C)C(=O)[C@H](C)[C@H](O)[C@]1(C)O. The predicted molar refractivity (Wildman–Crippen MR) is 289 cm³/mol. The van der Waals surface area contributed by atoms with Gasteiger partial charge in [-0.15, -0.1) is 0 Å². The minimum Gasteiger partial charge on any atom is -0.481 e. The third-order valence-corrected chi connectivity index (χ3v) is 17.4. The van der Waals surface area contributed by atoms with Gasteiger partial charge in [0.05, 0.1) is 65.4 Å². The van der Waals surface area contributed by atoms with Crippen LogP contribution in [0.2, 0.25) is 5.02 Å². The number of carbonyl (C=O) groups excluding carboxylic acids is 4. The fraction of sp³-hybridized carbons (Fsp3) is 0.804. The Kier molecular flexibility index (Phi) is 21.8. The fourth-order valence-corrected chi connectivity index (χ4v) is 12.4. The Labute approximate surface area is 469 Å². The summed E-state index contributed by atoms with van der Waals surface area (Å²) < 4.78 is 49.9. The van der Waals surface area contributed by atoms with Crippen LogP contribution in [0.4, 0.5) is 11.4 Å². The molecule has 1 aliphatic carbocycles. The smallest absolute Gasteiger partial charge is 0.311 e. The summed E-state index contributed by atoms with van der Waals surface area (Å²) in [6.07, 6.45) is -10.1. The number of likely N-dealkylation sites (N-methyl/N-ethyl adjacent to an activating group) is 1. The quantitative estimate of drug-likeness (QED) is 0.0763. The van der Waals surface area contributed by atoms with Gasteiger partial charge in [0.1, 0.15) is 29.2 Å². The number of hydrogen-bond acceptors (Lipinski definition) is 21. The van der Waals surface area contributed by atoms with Crippen molar-refractivity contribution in [2.24, 2.45) is 29.6 Å². The number of halogens is 1. The monoisotopic (exact) mass is 1140 g/mol. The van der Waals surface area contributed by atoms with Crippen LogP contribution in [0.25, 0.3) is 0 Å². The van der Waals surface area contributed by atoms with Crippen molar-refractivity contribution >= 4 is 52.5 Å². The van der Waals surface area contributed by atoms with Gasteiger partial charge in [0.2, 0.25) is 0 Å². The molecule has 19 atom stereocenters. The largest absolute Gasteiger partial charge is 0.481 e. The van der Waals surface area contributed by atoms with E-state index in [0.717, 1.165) is 18.5 Å². The number of hydrogen-bond donors (Lipinski definition) is 7. The Morgan fingerprint density at radius 2 is 1.59 bits per heavy atom. The number of nitrogens with zero attached hydrogens (tertiary/aromatic N) is 2. The van der Waals surface area contributed by atoms with Crippen LogP contribution < -0.4 is 15.5 Å². The second-order valence-electron chi connectivity index (χ2n) is 23.6. The van der Waals surface area contributed by atoms with Crippen LogP contribution in [0.5, 0.6) is 0 Å². The maximum Gasteiger partial charge on any atom is 0.311 e. The molecule has 6 rings (SSSR count). The van der Waals surface area contributed by atoms with E-state index in [0.29, 0.717) is 42.3 Å². The van der Waals surface area contributed by atoms with Crippen molar-refractivity contribution in [1.82, 2.24) is 10.2 Å². The number of aliphatic hydroxyl groups is 4. The first-order valence-corrected chi connectivity index (χ1v) is 28.3. The minimum atomic E-state index is -2.08. The van der Waals surface area contributed by atoms with E-state index in [1.165, 1.54) is 35.0 Å². The maximum absolute atomic E-state index is 14.5. The molecule has 0 bridgehead atoms. The number of methoxy groups -OCH3 is 2. The average molecular weight is 1140 g/mol. The number of carboxylic acids is 1. The number of fused-ring (bicyclic) bond motifs is 1. The van der Waals surface area contributed by atoms with Gasteiger partial charge in [-0.1, -0.05) is 39.3 Å². The number of anilines is 2. The summed E-state index contributed by atoms with van der Waals surface area (Å²) >= 11 is 6.69. The summed E-state index contributed by atoms with van der Waals surface area (Å²) in [4.78, 5) is 71.0. The molecule has 5 aliphatic rings. The molecular weight excluding hydrogens is 1050 g/mol. The molecule has 4 aliphatic heterocycles. The zero-order valence-electron chi connectivity index (χ0n) is 48.3. The molecule has 448 valence electrons. The van der Waals surface area contributed by atoms with Gasteiger partial charge in [0, 0.05) is 94.3 Å². The molecule has 0 radical (unpaired) electrons. The lowest BCUT2D eigenvalue weighted by Gasteiger charge is -2.49. The second kappa shape index (κ2) is 26.7. The number of carboxylic acid groups (broad SMARTS) is 1. The Hall–Kier alpha value is -3.62. The standard InChI is InChI=1S/C56H89ClN4O18/c1-14-40-56(9,71)49(68)29(3)45(65)28(2)25-54(7,70)50(79-53-47(67)39(60(10)11)24-43(72-12)78-53)30(4)48(31(5)52(69)75-40)77-44-26-55(8,73-13)51(32(6)74-44)76-42(64)17-18-58-19-20-59-37-22-35-38(23-36(37)57)61(34-15-16-34)27-33(46(35)66)21-41(62)63/h22-23,28-34,39-40,43-44,47-51,53,58-59,67-68,70-71H,14-21,24-27H2,1-13H3,(H,62,63)/t28-,29+,30+,31-,32+,33?,39+,40-,43+,44?,47-,48+,49+,50-,51+,53?,54-,55-,56-/m1/s1. The minimum absolute atomic E-state index is 0.0227. The average Bonchev–Trinajstić information content (AvgIpc) is 4.47. The van der Waals surface area contributed by atoms with Crippen LogP contribution in [0.3, 0.4) is 0 Å². The van der Waals surface area contributed by atoms with Crippen LogP contribution in [-0.2, 0) is 57.1 Å². The van der Waals surface area contributed by atoms with Crippen molar-refractivity contribution in [3.8, 4) is 0 Å². The molecule has 23 heteroatoms. The van der Waals surface area contributed by atoms with Crippen LogP contribution in [0, 0.1) is 29.6 Å². The zero-order chi connectivity index (χ0) is 58.6. The van der Waals surface area contributed by atoms with Crippen LogP contribution >= 0.6 is 11.6 Å². The number of nitrogens with one attached hydrogen (secondary N) is 2. The summed E-state index contributed by atoms with van der Waals surface area (Å²) in [6.45, 7) is 15.6. The molecule has 1 aromatic carbocycles. The first kappa shape index (κ1) is 64.5. The number of aliphatic hydroxyl groups excluding tert-OH is 2. The van der Waals surface area contributed by atoms with Crippen LogP contribution in [-0.4, -0.2) is 205 Å². The topological polar surface area (TPSA) is 291 Å². The molecule has 4 fully saturated rings. The Balaban J connectivity index is 1.16. The van der Waals surface area contributed by atoms with Gasteiger partial charge in [0.25, 0.3) is 0 Å². The molecule has 79 heavy (non-hydrogen) atoms. The van der Waals surface area contributed by atoms with Gasteiger partial charge in [-0.2, -0.15) is 0 Å². The number of esters is 2. The lowest BCUT2D eigenvalue weighted by atomic mass is 9.74. The Morgan fingerprint density at radius 3 is 2.20 bits per heavy atom. The van der Waals surface area contributed by atoms with Crippen LogP contribution in [0.1, 0.15) is 124 Å². The summed E-state index contributed by atoms with van der Waals surface area (Å²) in [6, 6.07) is 3.20. The summed E-state index contributed by atoms with van der Waals surface area (Å²) in [5.41, 5.74) is -3.52. The molecule has 3 saturated heterocycles. The summed E-state index contributed by atoms with van der Waals surface area (Å²) in [5.74, 6) is -7.96. The number of aliphatic carboxylic acids is 1. The van der Waals surface area contributed by atoms with Crippen LogP contribution in [0.15, 0.2) is 12.1 Å². The van der Waals surface area contributed by atoms with Gasteiger partial charge in [-0.3, -0.25) is 24.0 Å². The van der Waals surface area contributed by atoms with Crippen molar-refractivity contribution in [1.29, 1.82) is 0 Å². The fourth-order valence-electron chi connectivity index (χ4n) is 12.2. The highest BCUT2D eigenvalue weighted by molar-refractivity contribution is 6.34. The lowest BCUT2D eigenvalue weighted by molar-refractivity contribution is -0.340. The van der Waals surface area contributed by atoms with E-state index in [1.807, 2.05) is 4.90 Å². The van der Waals surface area contributed by atoms with Gasteiger partial charge in [-0.05, 0) is 86.5 Å². The first-order valence-electron chi connectivity index (χ1n) is 27.9. The third kappa shape index (κ3) is 15.0. The summed E-state index contributed by atoms with van der Waals surface area (Å²) in [5, 5.41) is 64.1. The van der Waals surface area contributed by atoms with E-state index in [1.54, 1.807) is 67.8 Å². The van der Waals surface area contributed by atoms with Crippen molar-refractivity contribution < 1.29 is 87.4 Å². The van der Waals surface area contributed by atoms with E-state index in [9.17, 15) is 49.5 Å². The van der Waals surface area contributed by atoms with E-state index < -0.39 is 138 Å². The number of carbonyl (C=O) groups is 5. The van der Waals surface area contributed by atoms with E-state index >= 15 is 0 Å². The molecule has 3 unspecified atom stereocenters. The molecule has 7 N–H and O–H groups in total. The number of ketones is 2. The maximum atomic E-state index is 14.5. The molecule has 0 amide bonds. The van der Waals surface area contributed by atoms with Crippen molar-refractivity contribution in [2.75, 3.05) is 64.7 Å². The molecular formula is C56H89ClN4O18. The highest BCUT2D eigenvalue weighted by Crippen LogP contribution is 2.44. The van der Waals surface area contributed by atoms with Crippen molar-refractivity contribution in [3.63, 3.8) is 0 Å². The van der Waals surface area contributed by atoms with Gasteiger partial charge in [0.15, 0.2) is 30.8 Å². The molecule has 22 nitrogen and oxygen atoms in total. The number of cyclic esters (lactones) is 1. The van der Waals surface area contributed by atoms with Gasteiger partial charge in [-0.25, -0.2) is 0 Å². The molecule has 1 saturated carbocycles. The van der Waals surface area contributed by atoms with E-state index in [2.05, 4.69) is 15.5 Å². The number of benzene rings is 1. The van der Waals surface area contributed by atoms with Gasteiger partial charge >= 0.3 is 17.9 Å². The van der Waals surface area contributed by atoms with Crippen molar-refractivity contribution in [2.45, 2.75) is 204 Å². The molecule has 0 spiro atoms. The van der Waals surface area contributed by atoms with Gasteiger partial charge < -0.3 is 83.9 Å². The summed E-state index contributed by atoms with van der Waals surface area (Å²) in [7, 11) is 6.51. The second-order valence-corrected chi connectivity index (χ2v) is 24.0. The zero-order valence-corrected chi connectivity index (χ0v) is 49.0. The van der Waals surface area contributed by atoms with E-state index in [4.69, 9.17) is 49.5 Å². The molecule has 1 aromatic rings. The predicted octanol–water partition coefficient (Wildman–Crippen LogP) is 3.92. The lowest BCUT2D eigenvalue weighted by Crippen LogP contribution is -2.61.